The highest BCUT2D eigenvalue weighted by Gasteiger charge is 2.35. The normalized spacial score (nSPS) is 20.8. The molecule has 0 bridgehead atoms. The van der Waals surface area contributed by atoms with Crippen molar-refractivity contribution in [1.82, 2.24) is 20.1 Å². The van der Waals surface area contributed by atoms with Crippen molar-refractivity contribution in [3.63, 3.8) is 0 Å². The van der Waals surface area contributed by atoms with Crippen molar-refractivity contribution in [2.24, 2.45) is 5.92 Å². The first kappa shape index (κ1) is 26.3. The van der Waals surface area contributed by atoms with E-state index in [1.807, 2.05) is 30.3 Å². The fourth-order valence-electron chi connectivity index (χ4n) is 5.94. The molecule has 2 saturated heterocycles. The van der Waals surface area contributed by atoms with Gasteiger partial charge in [0.25, 0.3) is 0 Å². The maximum absolute atomic E-state index is 14.4. The average Bonchev–Trinajstić information content (AvgIpc) is 2.97. The molecule has 3 aromatic rings. The van der Waals surface area contributed by atoms with Crippen LogP contribution in [0.15, 0.2) is 79.0 Å². The van der Waals surface area contributed by atoms with Crippen LogP contribution in [0, 0.1) is 11.7 Å². The number of carbonyl (C=O) groups is 1. The Bertz CT molecular complexity index is 1150. The molecular weight excluding hydrogens is 477 g/mol. The van der Waals surface area contributed by atoms with E-state index in [9.17, 15) is 9.18 Å². The fraction of sp³-hybridized carbons (Fsp3) is 0.419. The number of anilines is 1. The highest BCUT2D eigenvalue weighted by Crippen LogP contribution is 2.29. The van der Waals surface area contributed by atoms with Gasteiger partial charge < -0.3 is 10.2 Å². The van der Waals surface area contributed by atoms with Crippen LogP contribution in [0.25, 0.3) is 0 Å². The van der Waals surface area contributed by atoms with E-state index in [4.69, 9.17) is 0 Å². The molecule has 2 aliphatic rings. The third kappa shape index (κ3) is 6.97. The number of carbonyl (C=O) groups excluding carboxylic acids is 1. The summed E-state index contributed by atoms with van der Waals surface area (Å²) in [6.45, 7) is 6.92. The molecule has 200 valence electrons. The number of halogens is 1. The second kappa shape index (κ2) is 13.0. The summed E-state index contributed by atoms with van der Waals surface area (Å²) in [6, 6.07) is 23.9. The second-order valence-corrected chi connectivity index (χ2v) is 10.4. The summed E-state index contributed by atoms with van der Waals surface area (Å²) >= 11 is 0. The Morgan fingerprint density at radius 3 is 2.45 bits per heavy atom. The molecule has 2 atom stereocenters. The summed E-state index contributed by atoms with van der Waals surface area (Å²) in [5.74, 6) is 0.344. The predicted octanol–water partition coefficient (Wildman–Crippen LogP) is 4.33. The van der Waals surface area contributed by atoms with Gasteiger partial charge in [-0.1, -0.05) is 48.5 Å². The Morgan fingerprint density at radius 1 is 0.921 bits per heavy atom. The number of benzene rings is 2. The second-order valence-electron chi connectivity index (χ2n) is 10.4. The van der Waals surface area contributed by atoms with Gasteiger partial charge in [0.1, 0.15) is 5.82 Å². The number of piperidine rings is 1. The van der Waals surface area contributed by atoms with Crippen LogP contribution in [0.5, 0.6) is 0 Å². The van der Waals surface area contributed by atoms with Crippen molar-refractivity contribution in [2.45, 2.75) is 38.4 Å². The molecule has 7 heteroatoms. The number of piperazine rings is 1. The van der Waals surface area contributed by atoms with E-state index in [-0.39, 0.29) is 11.7 Å². The van der Waals surface area contributed by atoms with Crippen molar-refractivity contribution >= 4 is 11.6 Å². The van der Waals surface area contributed by atoms with Crippen molar-refractivity contribution in [2.75, 3.05) is 44.2 Å². The van der Waals surface area contributed by atoms with Crippen LogP contribution in [-0.2, 0) is 17.9 Å². The molecule has 6 nitrogen and oxygen atoms in total. The zero-order chi connectivity index (χ0) is 26.2. The lowest BCUT2D eigenvalue weighted by molar-refractivity contribution is -0.121. The molecule has 38 heavy (non-hydrogen) atoms. The van der Waals surface area contributed by atoms with E-state index in [2.05, 4.69) is 55.3 Å². The summed E-state index contributed by atoms with van der Waals surface area (Å²) in [4.78, 5) is 24.3. The Morgan fingerprint density at radius 2 is 1.68 bits per heavy atom. The first-order chi connectivity index (χ1) is 18.7. The largest absolute Gasteiger partial charge is 0.367 e. The van der Waals surface area contributed by atoms with Crippen LogP contribution in [0.3, 0.4) is 0 Å². The van der Waals surface area contributed by atoms with Gasteiger partial charge in [0.15, 0.2) is 0 Å². The Balaban J connectivity index is 1.19. The van der Waals surface area contributed by atoms with E-state index in [1.165, 1.54) is 5.56 Å². The zero-order valence-electron chi connectivity index (χ0n) is 22.0. The van der Waals surface area contributed by atoms with Crippen molar-refractivity contribution < 1.29 is 9.18 Å². The Labute approximate surface area is 225 Å². The number of likely N-dealkylation sites (tertiary alicyclic amines) is 1. The van der Waals surface area contributed by atoms with Gasteiger partial charge in [-0.3, -0.25) is 19.6 Å². The minimum absolute atomic E-state index is 0.0824. The van der Waals surface area contributed by atoms with Gasteiger partial charge in [0.2, 0.25) is 5.91 Å². The molecule has 0 unspecified atom stereocenters. The molecule has 0 aliphatic carbocycles. The topological polar surface area (TPSA) is 51.7 Å². The van der Waals surface area contributed by atoms with Crippen molar-refractivity contribution in [1.29, 1.82) is 0 Å². The number of hydrogen-bond acceptors (Lipinski definition) is 5. The number of amides is 1. The number of pyridine rings is 1. The number of nitrogens with one attached hydrogen (secondary N) is 1. The zero-order valence-corrected chi connectivity index (χ0v) is 22.0. The smallest absolute Gasteiger partial charge is 0.220 e. The van der Waals surface area contributed by atoms with E-state index in [1.54, 1.807) is 18.3 Å². The number of rotatable bonds is 9. The minimum Gasteiger partial charge on any atom is -0.367 e. The predicted molar refractivity (Wildman–Crippen MR) is 149 cm³/mol. The molecule has 1 amide bonds. The van der Waals surface area contributed by atoms with Crippen LogP contribution in [0.2, 0.25) is 0 Å². The van der Waals surface area contributed by atoms with E-state index in [0.717, 1.165) is 64.3 Å². The molecule has 0 spiro atoms. The van der Waals surface area contributed by atoms with Gasteiger partial charge in [0.05, 0.1) is 17.9 Å². The van der Waals surface area contributed by atoms with Crippen molar-refractivity contribution in [3.05, 3.63) is 96.1 Å². The lowest BCUT2D eigenvalue weighted by atomic mass is 9.86. The summed E-state index contributed by atoms with van der Waals surface area (Å²) in [7, 11) is 0. The monoisotopic (exact) mass is 515 g/mol. The highest BCUT2D eigenvalue weighted by molar-refractivity contribution is 5.75. The lowest BCUT2D eigenvalue weighted by Gasteiger charge is -2.47. The van der Waals surface area contributed by atoms with Crippen molar-refractivity contribution in [3.8, 4) is 0 Å². The number of aromatic nitrogens is 1. The quantitative estimate of drug-likeness (QED) is 0.460. The molecule has 2 aromatic carbocycles. The van der Waals surface area contributed by atoms with Gasteiger partial charge in [-0.25, -0.2) is 4.39 Å². The molecular formula is C31H38FN5O. The lowest BCUT2D eigenvalue weighted by Crippen LogP contribution is -2.56. The van der Waals surface area contributed by atoms with Crippen LogP contribution >= 0.6 is 0 Å². The van der Waals surface area contributed by atoms with Crippen LogP contribution in [0.4, 0.5) is 10.1 Å². The molecule has 1 aromatic heterocycles. The van der Waals surface area contributed by atoms with Gasteiger partial charge in [-0.2, -0.15) is 0 Å². The SMILES string of the molecule is O=C(CC[C@H]1CN(Cc2ccccc2)CC[C@H]1N1CCN(c2ccccc2F)CC1)NCc1ccccn1. The molecule has 2 fully saturated rings. The molecule has 5 rings (SSSR count). The van der Waals surface area contributed by atoms with Gasteiger partial charge in [-0.05, 0) is 55.1 Å². The number of para-hydroxylation sites is 1. The average molecular weight is 516 g/mol. The fourth-order valence-corrected chi connectivity index (χ4v) is 5.94. The van der Waals surface area contributed by atoms with Gasteiger partial charge in [-0.15, -0.1) is 0 Å². The third-order valence-electron chi connectivity index (χ3n) is 7.94. The number of hydrogen-bond donors (Lipinski definition) is 1. The standard InChI is InChI=1S/C31H38FN5O/c32-28-11-4-5-12-30(28)37-20-18-36(19-21-37)29-15-17-35(23-25-8-2-1-3-9-25)24-26(29)13-14-31(38)34-22-27-10-6-7-16-33-27/h1-12,16,26,29H,13-15,17-24H2,(H,34,38)/t26-,29+/m0/s1. The molecule has 1 N–H and O–H groups in total. The Hall–Kier alpha value is -3.29. The maximum Gasteiger partial charge on any atom is 0.220 e. The molecule has 0 saturated carbocycles. The van der Waals surface area contributed by atoms with Crippen LogP contribution in [-0.4, -0.2) is 66.0 Å². The number of nitrogens with zero attached hydrogens (tertiary/aromatic N) is 4. The first-order valence-corrected chi connectivity index (χ1v) is 13.8. The third-order valence-corrected chi connectivity index (χ3v) is 7.94. The van der Waals surface area contributed by atoms with E-state index < -0.39 is 0 Å². The van der Waals surface area contributed by atoms with E-state index >= 15 is 0 Å². The molecule has 2 aliphatic heterocycles. The summed E-state index contributed by atoms with van der Waals surface area (Å²) in [5, 5.41) is 3.04. The summed E-state index contributed by atoms with van der Waals surface area (Å²) < 4.78 is 14.4. The van der Waals surface area contributed by atoms with Gasteiger partial charge in [0, 0.05) is 57.9 Å². The summed E-state index contributed by atoms with van der Waals surface area (Å²) in [5.41, 5.74) is 2.90. The highest BCUT2D eigenvalue weighted by atomic mass is 19.1. The maximum atomic E-state index is 14.4. The van der Waals surface area contributed by atoms with Crippen LogP contribution < -0.4 is 10.2 Å². The van der Waals surface area contributed by atoms with Crippen LogP contribution in [0.1, 0.15) is 30.5 Å². The summed E-state index contributed by atoms with van der Waals surface area (Å²) in [6.07, 6.45) is 4.22. The molecule has 0 radical (unpaired) electrons. The molecule has 3 heterocycles. The Kier molecular flexibility index (Phi) is 8.99. The van der Waals surface area contributed by atoms with Gasteiger partial charge >= 0.3 is 0 Å². The van der Waals surface area contributed by atoms with E-state index in [0.29, 0.717) is 30.6 Å². The first-order valence-electron chi connectivity index (χ1n) is 13.8. The minimum atomic E-state index is -0.148.